The molecule has 0 bridgehead atoms. The number of unbranched alkanes of at least 4 members (excludes halogenated alkanes) is 3. The second-order valence-electron chi connectivity index (χ2n) is 8.81. The first-order valence-electron chi connectivity index (χ1n) is 11.6. The number of carbonyl (C=O) groups is 1. The van der Waals surface area contributed by atoms with Crippen molar-refractivity contribution in [3.8, 4) is 11.5 Å². The van der Waals surface area contributed by atoms with Gasteiger partial charge in [-0.3, -0.25) is 4.79 Å². The van der Waals surface area contributed by atoms with Crippen molar-refractivity contribution in [2.24, 2.45) is 5.92 Å². The zero-order valence-electron chi connectivity index (χ0n) is 19.7. The number of benzene rings is 1. The number of methoxy groups -OCH3 is 1. The third-order valence-electron chi connectivity index (χ3n) is 5.63. The second kappa shape index (κ2) is 13.7. The maximum atomic E-state index is 12.0. The Morgan fingerprint density at radius 1 is 1.03 bits per heavy atom. The fourth-order valence-electron chi connectivity index (χ4n) is 3.60. The van der Waals surface area contributed by atoms with E-state index in [-0.39, 0.29) is 18.3 Å². The van der Waals surface area contributed by atoms with Crippen LogP contribution in [0.1, 0.15) is 57.9 Å². The molecule has 1 fully saturated rings. The lowest BCUT2D eigenvalue weighted by molar-refractivity contribution is -0.277. The molecule has 4 N–H and O–H groups in total. The molecule has 9 nitrogen and oxygen atoms in total. The van der Waals surface area contributed by atoms with Gasteiger partial charge in [-0.25, -0.2) is 0 Å². The van der Waals surface area contributed by atoms with Crippen molar-refractivity contribution >= 4 is 5.97 Å². The predicted molar refractivity (Wildman–Crippen MR) is 120 cm³/mol. The summed E-state index contributed by atoms with van der Waals surface area (Å²) in [7, 11) is 1.44. The van der Waals surface area contributed by atoms with Crippen LogP contribution in [0.15, 0.2) is 18.2 Å². The number of aliphatic hydroxyl groups excluding tert-OH is 4. The number of ether oxygens (including phenoxy) is 4. The van der Waals surface area contributed by atoms with Crippen LogP contribution < -0.4 is 9.47 Å². The molecule has 188 valence electrons. The third kappa shape index (κ3) is 8.42. The first kappa shape index (κ1) is 27.3. The highest BCUT2D eigenvalue weighted by atomic mass is 16.7. The van der Waals surface area contributed by atoms with E-state index in [0.29, 0.717) is 23.7 Å². The Kier molecular flexibility index (Phi) is 11.4. The van der Waals surface area contributed by atoms with Crippen LogP contribution in [-0.2, 0) is 20.9 Å². The monoisotopic (exact) mass is 470 g/mol. The van der Waals surface area contributed by atoms with Gasteiger partial charge in [-0.2, -0.15) is 0 Å². The summed E-state index contributed by atoms with van der Waals surface area (Å²) in [6.45, 7) is 3.95. The van der Waals surface area contributed by atoms with Crippen LogP contribution in [0, 0.1) is 5.92 Å². The summed E-state index contributed by atoms with van der Waals surface area (Å²) in [6, 6.07) is 4.89. The summed E-state index contributed by atoms with van der Waals surface area (Å²) in [5.74, 6) is 0.990. The Bertz CT molecular complexity index is 722. The molecular weight excluding hydrogens is 432 g/mol. The fourth-order valence-corrected chi connectivity index (χ4v) is 3.60. The van der Waals surface area contributed by atoms with E-state index < -0.39 is 37.3 Å². The van der Waals surface area contributed by atoms with Crippen molar-refractivity contribution in [2.45, 2.75) is 89.7 Å². The summed E-state index contributed by atoms with van der Waals surface area (Å²) in [5, 5.41) is 39.2. The number of hydrogen-bond donors (Lipinski definition) is 4. The van der Waals surface area contributed by atoms with Gasteiger partial charge in [-0.15, -0.1) is 0 Å². The van der Waals surface area contributed by atoms with Gasteiger partial charge in [0.05, 0.1) is 13.7 Å². The van der Waals surface area contributed by atoms with E-state index in [1.54, 1.807) is 18.2 Å². The van der Waals surface area contributed by atoms with Crippen LogP contribution in [0.5, 0.6) is 11.5 Å². The zero-order chi connectivity index (χ0) is 24.4. The maximum Gasteiger partial charge on any atom is 0.306 e. The van der Waals surface area contributed by atoms with E-state index in [1.807, 2.05) is 0 Å². The first-order chi connectivity index (χ1) is 15.8. The first-order valence-corrected chi connectivity index (χ1v) is 11.6. The van der Waals surface area contributed by atoms with Crippen molar-refractivity contribution in [1.29, 1.82) is 0 Å². The standard InChI is InChI=1S/C24H38O9/c1-15(2)8-6-4-5-7-9-20(26)31-14-16-10-11-17(18(12-16)30-3)32-24-23(29)22(28)21(27)19(13-25)33-24/h10-12,15,19,21-25,27-29H,4-9,13-14H2,1-3H3. The molecule has 1 heterocycles. The number of rotatable bonds is 13. The molecule has 0 saturated carbocycles. The van der Waals surface area contributed by atoms with E-state index in [1.165, 1.54) is 20.0 Å². The van der Waals surface area contributed by atoms with Gasteiger partial charge in [-0.05, 0) is 30.0 Å². The van der Waals surface area contributed by atoms with Crippen LogP contribution in [0.4, 0.5) is 0 Å². The summed E-state index contributed by atoms with van der Waals surface area (Å²) < 4.78 is 21.7. The third-order valence-corrected chi connectivity index (χ3v) is 5.63. The Morgan fingerprint density at radius 2 is 1.76 bits per heavy atom. The maximum absolute atomic E-state index is 12.0. The van der Waals surface area contributed by atoms with E-state index in [0.717, 1.165) is 19.3 Å². The summed E-state index contributed by atoms with van der Waals surface area (Å²) in [4.78, 5) is 12.0. The molecule has 5 atom stereocenters. The highest BCUT2D eigenvalue weighted by Crippen LogP contribution is 2.32. The molecule has 0 aliphatic carbocycles. The molecule has 5 unspecified atom stereocenters. The van der Waals surface area contributed by atoms with E-state index in [4.69, 9.17) is 18.9 Å². The normalized spacial score (nSPS) is 25.2. The zero-order valence-corrected chi connectivity index (χ0v) is 19.7. The smallest absolute Gasteiger partial charge is 0.306 e. The van der Waals surface area contributed by atoms with Crippen molar-refractivity contribution in [1.82, 2.24) is 0 Å². The van der Waals surface area contributed by atoms with E-state index >= 15 is 0 Å². The highest BCUT2D eigenvalue weighted by molar-refractivity contribution is 5.69. The van der Waals surface area contributed by atoms with Crippen molar-refractivity contribution in [3.05, 3.63) is 23.8 Å². The quantitative estimate of drug-likeness (QED) is 0.252. The van der Waals surface area contributed by atoms with Gasteiger partial charge in [0.2, 0.25) is 6.29 Å². The topological polar surface area (TPSA) is 135 Å². The van der Waals surface area contributed by atoms with Crippen LogP contribution in [0.25, 0.3) is 0 Å². The van der Waals surface area contributed by atoms with E-state index in [2.05, 4.69) is 13.8 Å². The Morgan fingerprint density at radius 3 is 2.42 bits per heavy atom. The second-order valence-corrected chi connectivity index (χ2v) is 8.81. The molecule has 1 aliphatic heterocycles. The summed E-state index contributed by atoms with van der Waals surface area (Å²) >= 11 is 0. The number of carbonyl (C=O) groups excluding carboxylic acids is 1. The molecule has 33 heavy (non-hydrogen) atoms. The molecule has 0 aromatic heterocycles. The van der Waals surface area contributed by atoms with Gasteiger partial charge in [-0.1, -0.05) is 45.6 Å². The molecule has 2 rings (SSSR count). The fraction of sp³-hybridized carbons (Fsp3) is 0.708. The van der Waals surface area contributed by atoms with Gasteiger partial charge in [0.25, 0.3) is 0 Å². The SMILES string of the molecule is COc1cc(COC(=O)CCCCCCC(C)C)ccc1OC1OC(CO)C(O)C(O)C1O. The minimum Gasteiger partial charge on any atom is -0.493 e. The van der Waals surface area contributed by atoms with Gasteiger partial charge in [0.15, 0.2) is 11.5 Å². The Hall–Kier alpha value is -1.91. The Balaban J connectivity index is 1.84. The van der Waals surface area contributed by atoms with Crippen LogP contribution in [-0.4, -0.2) is 70.8 Å². The molecule has 9 heteroatoms. The summed E-state index contributed by atoms with van der Waals surface area (Å²) in [5.41, 5.74) is 0.693. The molecule has 1 saturated heterocycles. The lowest BCUT2D eigenvalue weighted by Crippen LogP contribution is -2.60. The number of aliphatic hydroxyl groups is 4. The molecule has 0 amide bonds. The predicted octanol–water partition coefficient (Wildman–Crippen LogP) is 1.91. The Labute approximate surface area is 195 Å². The lowest BCUT2D eigenvalue weighted by Gasteiger charge is -2.39. The van der Waals surface area contributed by atoms with Crippen molar-refractivity contribution in [2.75, 3.05) is 13.7 Å². The van der Waals surface area contributed by atoms with Gasteiger partial charge < -0.3 is 39.4 Å². The molecule has 1 aromatic rings. The molecule has 1 aliphatic rings. The molecule has 0 radical (unpaired) electrons. The van der Waals surface area contributed by atoms with Crippen molar-refractivity contribution in [3.63, 3.8) is 0 Å². The molecular formula is C24H38O9. The molecule has 1 aromatic carbocycles. The minimum absolute atomic E-state index is 0.0862. The average molecular weight is 471 g/mol. The van der Waals surface area contributed by atoms with Crippen LogP contribution >= 0.6 is 0 Å². The number of hydrogen-bond acceptors (Lipinski definition) is 9. The van der Waals surface area contributed by atoms with Gasteiger partial charge in [0.1, 0.15) is 31.0 Å². The van der Waals surface area contributed by atoms with Gasteiger partial charge >= 0.3 is 5.97 Å². The minimum atomic E-state index is -1.54. The lowest BCUT2D eigenvalue weighted by atomic mass is 9.99. The van der Waals surface area contributed by atoms with Gasteiger partial charge in [0, 0.05) is 6.42 Å². The molecule has 0 spiro atoms. The average Bonchev–Trinajstić information content (AvgIpc) is 2.80. The van der Waals surface area contributed by atoms with Crippen LogP contribution in [0.2, 0.25) is 0 Å². The highest BCUT2D eigenvalue weighted by Gasteiger charge is 2.44. The van der Waals surface area contributed by atoms with Crippen LogP contribution in [0.3, 0.4) is 0 Å². The van der Waals surface area contributed by atoms with Crippen molar-refractivity contribution < 1.29 is 44.2 Å². The number of esters is 1. The summed E-state index contributed by atoms with van der Waals surface area (Å²) in [6.07, 6.45) is -1.21. The van der Waals surface area contributed by atoms with E-state index in [9.17, 15) is 25.2 Å². The largest absolute Gasteiger partial charge is 0.493 e.